The van der Waals surface area contributed by atoms with Crippen LogP contribution in [0.3, 0.4) is 0 Å². The standard InChI is InChI=1S/C22H20FN3O2/c1-2-18-13-20(27)26(22(24-18)16-7-9-17(23)10-8-16)14-21(28)25-12-11-15-5-3-4-6-19(15)25/h3-10,13H,2,11-12,14H2,1H3. The van der Waals surface area contributed by atoms with E-state index in [1.165, 1.54) is 22.8 Å². The lowest BCUT2D eigenvalue weighted by atomic mass is 10.2. The molecule has 0 N–H and O–H groups in total. The smallest absolute Gasteiger partial charge is 0.254 e. The number of aromatic nitrogens is 2. The number of benzene rings is 2. The number of rotatable bonds is 4. The Morgan fingerprint density at radius 3 is 2.64 bits per heavy atom. The Morgan fingerprint density at radius 2 is 1.89 bits per heavy atom. The molecule has 0 atom stereocenters. The third-order valence-corrected chi connectivity index (χ3v) is 5.01. The van der Waals surface area contributed by atoms with E-state index in [0.29, 0.717) is 30.0 Å². The highest BCUT2D eigenvalue weighted by molar-refractivity contribution is 5.95. The van der Waals surface area contributed by atoms with E-state index in [4.69, 9.17) is 0 Å². The second-order valence-corrected chi connectivity index (χ2v) is 6.78. The molecule has 3 aromatic rings. The maximum Gasteiger partial charge on any atom is 0.254 e. The molecule has 0 aliphatic carbocycles. The molecule has 0 radical (unpaired) electrons. The van der Waals surface area contributed by atoms with Crippen molar-refractivity contribution in [3.8, 4) is 11.4 Å². The lowest BCUT2D eigenvalue weighted by Crippen LogP contribution is -2.36. The van der Waals surface area contributed by atoms with E-state index in [1.54, 1.807) is 17.0 Å². The molecule has 6 heteroatoms. The van der Waals surface area contributed by atoms with Crippen molar-refractivity contribution in [3.63, 3.8) is 0 Å². The van der Waals surface area contributed by atoms with Crippen LogP contribution in [0.2, 0.25) is 0 Å². The van der Waals surface area contributed by atoms with Crippen molar-refractivity contribution in [1.29, 1.82) is 0 Å². The number of hydrogen-bond donors (Lipinski definition) is 0. The van der Waals surface area contributed by atoms with Crippen LogP contribution < -0.4 is 10.5 Å². The average molecular weight is 377 g/mol. The molecule has 2 heterocycles. The van der Waals surface area contributed by atoms with Crippen LogP contribution in [0.5, 0.6) is 0 Å². The first-order chi connectivity index (χ1) is 13.6. The fourth-order valence-electron chi connectivity index (χ4n) is 3.52. The van der Waals surface area contributed by atoms with Gasteiger partial charge in [-0.3, -0.25) is 14.2 Å². The molecule has 2 aromatic carbocycles. The SMILES string of the molecule is CCc1cc(=O)n(CC(=O)N2CCc3ccccc32)c(-c2ccc(F)cc2)n1. The monoisotopic (exact) mass is 377 g/mol. The van der Waals surface area contributed by atoms with E-state index in [9.17, 15) is 14.0 Å². The van der Waals surface area contributed by atoms with E-state index in [-0.39, 0.29) is 23.8 Å². The number of para-hydroxylation sites is 1. The van der Waals surface area contributed by atoms with Crippen LogP contribution in [-0.2, 0) is 24.2 Å². The molecular formula is C22H20FN3O2. The zero-order valence-corrected chi connectivity index (χ0v) is 15.6. The van der Waals surface area contributed by atoms with Gasteiger partial charge >= 0.3 is 0 Å². The molecule has 1 amide bonds. The van der Waals surface area contributed by atoms with Gasteiger partial charge in [-0.2, -0.15) is 0 Å². The van der Waals surface area contributed by atoms with E-state index in [1.807, 2.05) is 31.2 Å². The molecule has 4 rings (SSSR count). The number of nitrogens with zero attached hydrogens (tertiary/aromatic N) is 3. The minimum absolute atomic E-state index is 0.114. The van der Waals surface area contributed by atoms with Gasteiger partial charge < -0.3 is 4.90 Å². The molecule has 1 aliphatic heterocycles. The van der Waals surface area contributed by atoms with Crippen molar-refractivity contribution < 1.29 is 9.18 Å². The number of hydrogen-bond acceptors (Lipinski definition) is 3. The summed E-state index contributed by atoms with van der Waals surface area (Å²) in [7, 11) is 0. The summed E-state index contributed by atoms with van der Waals surface area (Å²) in [6.07, 6.45) is 1.40. The van der Waals surface area contributed by atoms with E-state index >= 15 is 0 Å². The van der Waals surface area contributed by atoms with Gasteiger partial charge in [0, 0.05) is 29.6 Å². The number of carbonyl (C=O) groups is 1. The van der Waals surface area contributed by atoms with Gasteiger partial charge in [0.05, 0.1) is 0 Å². The molecule has 0 spiro atoms. The van der Waals surface area contributed by atoms with Crippen LogP contribution in [-0.4, -0.2) is 22.0 Å². The van der Waals surface area contributed by atoms with Gasteiger partial charge in [-0.25, -0.2) is 9.37 Å². The van der Waals surface area contributed by atoms with Crippen molar-refractivity contribution in [2.75, 3.05) is 11.4 Å². The van der Waals surface area contributed by atoms with Crippen molar-refractivity contribution in [2.24, 2.45) is 0 Å². The summed E-state index contributed by atoms with van der Waals surface area (Å²) >= 11 is 0. The lowest BCUT2D eigenvalue weighted by molar-refractivity contribution is -0.119. The highest BCUT2D eigenvalue weighted by Gasteiger charge is 2.25. The van der Waals surface area contributed by atoms with Gasteiger partial charge in [-0.15, -0.1) is 0 Å². The Hall–Kier alpha value is -3.28. The number of anilines is 1. The first kappa shape index (κ1) is 18.1. The summed E-state index contributed by atoms with van der Waals surface area (Å²) in [5.74, 6) is -0.152. The number of halogens is 1. The highest BCUT2D eigenvalue weighted by Crippen LogP contribution is 2.28. The Balaban J connectivity index is 1.72. The first-order valence-corrected chi connectivity index (χ1v) is 9.32. The maximum atomic E-state index is 13.3. The summed E-state index contributed by atoms with van der Waals surface area (Å²) in [4.78, 5) is 32.0. The van der Waals surface area contributed by atoms with Crippen LogP contribution in [0.25, 0.3) is 11.4 Å². The fourth-order valence-corrected chi connectivity index (χ4v) is 3.52. The zero-order valence-electron chi connectivity index (χ0n) is 15.6. The Bertz CT molecular complexity index is 1090. The minimum atomic E-state index is -0.367. The second-order valence-electron chi connectivity index (χ2n) is 6.78. The van der Waals surface area contributed by atoms with Crippen molar-refractivity contribution >= 4 is 11.6 Å². The van der Waals surface area contributed by atoms with Gasteiger partial charge in [0.2, 0.25) is 5.91 Å². The number of fused-ring (bicyclic) bond motifs is 1. The molecule has 5 nitrogen and oxygen atoms in total. The third kappa shape index (κ3) is 3.33. The van der Waals surface area contributed by atoms with Crippen LogP contribution >= 0.6 is 0 Å². The van der Waals surface area contributed by atoms with Crippen LogP contribution in [0.1, 0.15) is 18.2 Å². The number of aryl methyl sites for hydroxylation is 1. The van der Waals surface area contributed by atoms with E-state index < -0.39 is 0 Å². The summed E-state index contributed by atoms with van der Waals surface area (Å²) in [5.41, 5.74) is 2.97. The predicted molar refractivity (Wildman–Crippen MR) is 106 cm³/mol. The molecule has 0 unspecified atom stereocenters. The second kappa shape index (κ2) is 7.38. The van der Waals surface area contributed by atoms with Gasteiger partial charge in [-0.05, 0) is 48.7 Å². The van der Waals surface area contributed by atoms with Crippen molar-refractivity contribution in [2.45, 2.75) is 26.3 Å². The average Bonchev–Trinajstić information content (AvgIpc) is 3.14. The van der Waals surface area contributed by atoms with Crippen LogP contribution in [0.4, 0.5) is 10.1 Å². The maximum absolute atomic E-state index is 13.3. The first-order valence-electron chi connectivity index (χ1n) is 9.32. The van der Waals surface area contributed by atoms with Crippen LogP contribution in [0.15, 0.2) is 59.4 Å². The lowest BCUT2D eigenvalue weighted by Gasteiger charge is -2.19. The Morgan fingerprint density at radius 1 is 1.14 bits per heavy atom. The summed E-state index contributed by atoms with van der Waals surface area (Å²) in [5, 5.41) is 0. The van der Waals surface area contributed by atoms with Gasteiger partial charge in [-0.1, -0.05) is 25.1 Å². The molecular weight excluding hydrogens is 357 g/mol. The van der Waals surface area contributed by atoms with E-state index in [2.05, 4.69) is 4.98 Å². The number of amides is 1. The van der Waals surface area contributed by atoms with Gasteiger partial charge in [0.15, 0.2) is 0 Å². The molecule has 142 valence electrons. The summed E-state index contributed by atoms with van der Waals surface area (Å²) < 4.78 is 14.7. The van der Waals surface area contributed by atoms with Gasteiger partial charge in [0.1, 0.15) is 18.2 Å². The molecule has 1 aromatic heterocycles. The van der Waals surface area contributed by atoms with Crippen molar-refractivity contribution in [1.82, 2.24) is 9.55 Å². The third-order valence-electron chi connectivity index (χ3n) is 5.01. The molecule has 0 fully saturated rings. The largest absolute Gasteiger partial charge is 0.310 e. The predicted octanol–water partition coefficient (Wildman–Crippen LogP) is 3.20. The summed E-state index contributed by atoms with van der Waals surface area (Å²) in [6.45, 7) is 2.39. The zero-order chi connectivity index (χ0) is 19.7. The molecule has 0 bridgehead atoms. The van der Waals surface area contributed by atoms with E-state index in [0.717, 1.165) is 17.7 Å². The minimum Gasteiger partial charge on any atom is -0.310 e. The Labute approximate surface area is 162 Å². The highest BCUT2D eigenvalue weighted by atomic mass is 19.1. The molecule has 0 saturated carbocycles. The number of carbonyl (C=O) groups excluding carboxylic acids is 1. The molecule has 28 heavy (non-hydrogen) atoms. The molecule has 1 aliphatic rings. The van der Waals surface area contributed by atoms with Gasteiger partial charge in [0.25, 0.3) is 5.56 Å². The van der Waals surface area contributed by atoms with Crippen molar-refractivity contribution in [3.05, 3.63) is 82.0 Å². The Kier molecular flexibility index (Phi) is 4.77. The normalized spacial score (nSPS) is 12.9. The summed E-state index contributed by atoms with van der Waals surface area (Å²) in [6, 6.07) is 15.0. The van der Waals surface area contributed by atoms with Crippen LogP contribution in [0, 0.1) is 5.82 Å². The quantitative estimate of drug-likeness (QED) is 0.702. The topological polar surface area (TPSA) is 55.2 Å². The fraction of sp³-hybridized carbons (Fsp3) is 0.227. The molecule has 0 saturated heterocycles.